The van der Waals surface area contributed by atoms with Crippen molar-refractivity contribution in [2.45, 2.75) is 50.3 Å². The van der Waals surface area contributed by atoms with Crippen LogP contribution in [0.5, 0.6) is 5.75 Å². The van der Waals surface area contributed by atoms with Gasteiger partial charge < -0.3 is 4.74 Å². The molecule has 5 nitrogen and oxygen atoms in total. The third-order valence-electron chi connectivity index (χ3n) is 6.11. The maximum Gasteiger partial charge on any atom is 0.264 e. The molecule has 6 heteroatoms. The summed E-state index contributed by atoms with van der Waals surface area (Å²) in [7, 11) is -2.39. The van der Waals surface area contributed by atoms with E-state index in [9.17, 15) is 13.2 Å². The van der Waals surface area contributed by atoms with Crippen molar-refractivity contribution < 1.29 is 17.9 Å². The largest absolute Gasteiger partial charge is 0.496 e. The van der Waals surface area contributed by atoms with Gasteiger partial charge in [0, 0.05) is 5.39 Å². The van der Waals surface area contributed by atoms with Crippen molar-refractivity contribution in [1.29, 1.82) is 0 Å². The summed E-state index contributed by atoms with van der Waals surface area (Å²) in [5.74, 6) is 0.184. The molecule has 0 aromatic heterocycles. The topological polar surface area (TPSA) is 72.5 Å². The Hall–Kier alpha value is -2.86. The summed E-state index contributed by atoms with van der Waals surface area (Å²) in [5.41, 5.74) is 3.06. The van der Waals surface area contributed by atoms with Gasteiger partial charge in [-0.2, -0.15) is 0 Å². The van der Waals surface area contributed by atoms with E-state index in [0.29, 0.717) is 17.7 Å². The van der Waals surface area contributed by atoms with Crippen molar-refractivity contribution in [2.24, 2.45) is 5.92 Å². The zero-order chi connectivity index (χ0) is 22.9. The standard InChI is InChI=1S/C26H29NO4S/c1-17(2)16-19-14-15-23(31-3)21-11-7-12-22(25(19)21)26(28)27-32(29,30)24-13-6-9-18-8-4-5-10-20(18)24/h4-6,8-10,13-15,17,22H,7,11-12,16H2,1-3H3,(H,27,28). The van der Waals surface area contributed by atoms with Crippen molar-refractivity contribution >= 4 is 26.7 Å². The van der Waals surface area contributed by atoms with Gasteiger partial charge in [-0.3, -0.25) is 4.79 Å². The molecule has 1 aliphatic rings. The molecule has 0 bridgehead atoms. The van der Waals surface area contributed by atoms with Gasteiger partial charge in [-0.25, -0.2) is 13.1 Å². The molecule has 0 saturated heterocycles. The number of fused-ring (bicyclic) bond motifs is 2. The van der Waals surface area contributed by atoms with E-state index in [1.165, 1.54) is 0 Å². The average Bonchev–Trinajstić information content (AvgIpc) is 2.77. The number of nitrogens with one attached hydrogen (secondary N) is 1. The summed E-state index contributed by atoms with van der Waals surface area (Å²) in [6, 6.07) is 16.4. The molecule has 0 aliphatic heterocycles. The first-order valence-electron chi connectivity index (χ1n) is 11.0. The number of rotatable bonds is 6. The smallest absolute Gasteiger partial charge is 0.264 e. The number of ether oxygens (including phenoxy) is 1. The summed E-state index contributed by atoms with van der Waals surface area (Å²) in [5, 5.41) is 1.41. The molecule has 0 radical (unpaired) electrons. The van der Waals surface area contributed by atoms with Crippen LogP contribution >= 0.6 is 0 Å². The zero-order valence-corrected chi connectivity index (χ0v) is 19.5. The Kier molecular flexibility index (Phi) is 6.24. The van der Waals surface area contributed by atoms with E-state index in [4.69, 9.17) is 4.74 Å². The Morgan fingerprint density at radius 1 is 1.09 bits per heavy atom. The Morgan fingerprint density at radius 3 is 2.59 bits per heavy atom. The molecular weight excluding hydrogens is 422 g/mol. The predicted octanol–water partition coefficient (Wildman–Crippen LogP) is 4.97. The van der Waals surface area contributed by atoms with Crippen LogP contribution in [-0.2, 0) is 27.7 Å². The molecule has 0 saturated carbocycles. The second-order valence-electron chi connectivity index (χ2n) is 8.81. The van der Waals surface area contributed by atoms with Gasteiger partial charge in [0.15, 0.2) is 0 Å². The number of carbonyl (C=O) groups excluding carboxylic acids is 1. The average molecular weight is 452 g/mol. The van der Waals surface area contributed by atoms with Crippen LogP contribution in [0, 0.1) is 5.92 Å². The Balaban J connectivity index is 1.72. The van der Waals surface area contributed by atoms with Crippen LogP contribution in [0.4, 0.5) is 0 Å². The quantitative estimate of drug-likeness (QED) is 0.574. The minimum absolute atomic E-state index is 0.119. The van der Waals surface area contributed by atoms with E-state index >= 15 is 0 Å². The van der Waals surface area contributed by atoms with Crippen LogP contribution in [0.3, 0.4) is 0 Å². The van der Waals surface area contributed by atoms with Gasteiger partial charge in [0.05, 0.1) is 17.9 Å². The SMILES string of the molecule is COc1ccc(CC(C)C)c2c1CCCC2C(=O)NS(=O)(=O)c1cccc2ccccc12. The molecule has 1 atom stereocenters. The molecule has 3 aromatic rings. The molecule has 0 heterocycles. The van der Waals surface area contributed by atoms with Crippen molar-refractivity contribution in [2.75, 3.05) is 7.11 Å². The highest BCUT2D eigenvalue weighted by Gasteiger charge is 2.33. The number of hydrogen-bond donors (Lipinski definition) is 1. The van der Waals surface area contributed by atoms with Gasteiger partial charge in [0.25, 0.3) is 10.0 Å². The summed E-state index contributed by atoms with van der Waals surface area (Å²) in [6.45, 7) is 4.28. The second-order valence-corrected chi connectivity index (χ2v) is 10.5. The Labute approximate surface area is 189 Å². The molecule has 0 fully saturated rings. The molecule has 32 heavy (non-hydrogen) atoms. The number of benzene rings is 3. The fourth-order valence-corrected chi connectivity index (χ4v) is 6.02. The maximum absolute atomic E-state index is 13.4. The van der Waals surface area contributed by atoms with Crippen LogP contribution < -0.4 is 9.46 Å². The number of amides is 1. The molecule has 168 valence electrons. The summed E-state index contributed by atoms with van der Waals surface area (Å²) in [4.78, 5) is 13.5. The number of hydrogen-bond acceptors (Lipinski definition) is 4. The lowest BCUT2D eigenvalue weighted by Gasteiger charge is -2.29. The fourth-order valence-electron chi connectivity index (χ4n) is 4.77. The first-order chi connectivity index (χ1) is 15.3. The van der Waals surface area contributed by atoms with E-state index in [1.54, 1.807) is 31.4 Å². The third-order valence-corrected chi connectivity index (χ3v) is 7.52. The van der Waals surface area contributed by atoms with Crippen LogP contribution in [0.15, 0.2) is 59.5 Å². The minimum atomic E-state index is -4.02. The summed E-state index contributed by atoms with van der Waals surface area (Å²) >= 11 is 0. The van der Waals surface area contributed by atoms with Gasteiger partial charge in [0.1, 0.15) is 5.75 Å². The van der Waals surface area contributed by atoms with Crippen LogP contribution in [0.2, 0.25) is 0 Å². The first-order valence-corrected chi connectivity index (χ1v) is 12.5. The second kappa shape index (κ2) is 8.94. The molecule has 0 spiro atoms. The normalized spacial score (nSPS) is 16.1. The Morgan fingerprint density at radius 2 is 1.84 bits per heavy atom. The molecule has 3 aromatic carbocycles. The van der Waals surface area contributed by atoms with E-state index in [-0.39, 0.29) is 4.90 Å². The molecular formula is C26H29NO4S. The minimum Gasteiger partial charge on any atom is -0.496 e. The monoisotopic (exact) mass is 451 g/mol. The van der Waals surface area contributed by atoms with E-state index in [1.807, 2.05) is 30.3 Å². The third kappa shape index (κ3) is 4.24. The van der Waals surface area contributed by atoms with Crippen molar-refractivity contribution in [1.82, 2.24) is 4.72 Å². The van der Waals surface area contributed by atoms with Gasteiger partial charge in [-0.15, -0.1) is 0 Å². The van der Waals surface area contributed by atoms with Gasteiger partial charge >= 0.3 is 0 Å². The lowest BCUT2D eigenvalue weighted by molar-refractivity contribution is -0.121. The fraction of sp³-hybridized carbons (Fsp3) is 0.346. The molecule has 1 aliphatic carbocycles. The highest BCUT2D eigenvalue weighted by molar-refractivity contribution is 7.90. The predicted molar refractivity (Wildman–Crippen MR) is 126 cm³/mol. The summed E-state index contributed by atoms with van der Waals surface area (Å²) in [6.07, 6.45) is 3.07. The molecule has 1 amide bonds. The van der Waals surface area contributed by atoms with Crippen LogP contribution in [-0.4, -0.2) is 21.4 Å². The number of sulfonamides is 1. The van der Waals surface area contributed by atoms with Crippen LogP contribution in [0.1, 0.15) is 49.3 Å². The van der Waals surface area contributed by atoms with Crippen molar-refractivity contribution in [3.63, 3.8) is 0 Å². The van der Waals surface area contributed by atoms with Crippen molar-refractivity contribution in [3.05, 3.63) is 71.3 Å². The van der Waals surface area contributed by atoms with Gasteiger partial charge in [-0.05, 0) is 65.8 Å². The van der Waals surface area contributed by atoms with E-state index < -0.39 is 21.8 Å². The van der Waals surface area contributed by atoms with E-state index in [2.05, 4.69) is 18.6 Å². The Bertz CT molecular complexity index is 1260. The molecule has 1 unspecified atom stereocenters. The first kappa shape index (κ1) is 22.3. The molecule has 4 rings (SSSR count). The lowest BCUT2D eigenvalue weighted by atomic mass is 9.78. The molecule has 1 N–H and O–H groups in total. The van der Waals surface area contributed by atoms with Gasteiger partial charge in [-0.1, -0.05) is 56.3 Å². The van der Waals surface area contributed by atoms with Gasteiger partial charge in [0.2, 0.25) is 5.91 Å². The van der Waals surface area contributed by atoms with E-state index in [0.717, 1.165) is 47.1 Å². The summed E-state index contributed by atoms with van der Waals surface area (Å²) < 4.78 is 34.4. The number of methoxy groups -OCH3 is 1. The maximum atomic E-state index is 13.4. The van der Waals surface area contributed by atoms with Crippen molar-refractivity contribution in [3.8, 4) is 5.75 Å². The van der Waals surface area contributed by atoms with Crippen LogP contribution in [0.25, 0.3) is 10.8 Å². The highest BCUT2D eigenvalue weighted by atomic mass is 32.2. The number of carbonyl (C=O) groups is 1. The zero-order valence-electron chi connectivity index (χ0n) is 18.7. The highest BCUT2D eigenvalue weighted by Crippen LogP contribution is 2.40. The lowest BCUT2D eigenvalue weighted by Crippen LogP contribution is -2.36.